The number of nitrogens with one attached hydrogen (secondary N) is 8. The Kier molecular flexibility index (Phi) is 29.8. The van der Waals surface area contributed by atoms with Gasteiger partial charge in [0.1, 0.15) is 48.3 Å². The van der Waals surface area contributed by atoms with Gasteiger partial charge in [0, 0.05) is 20.0 Å². The molecule has 0 aliphatic rings. The summed E-state index contributed by atoms with van der Waals surface area (Å²) in [6, 6.07) is -13.1. The lowest BCUT2D eigenvalue weighted by atomic mass is 10.0. The van der Waals surface area contributed by atoms with E-state index < -0.39 is 139 Å². The predicted molar refractivity (Wildman–Crippen MR) is 252 cm³/mol. The van der Waals surface area contributed by atoms with E-state index in [-0.39, 0.29) is 75.9 Å². The fourth-order valence-electron chi connectivity index (χ4n) is 6.43. The molecule has 22 N–H and O–H groups in total. The largest absolute Gasteiger partial charge is 0.481 e. The molecule has 0 saturated heterocycles. The highest BCUT2D eigenvalue weighted by molar-refractivity contribution is 5.99. The number of carboxylic acid groups (broad SMARTS) is 2. The fraction of sp³-hybridized carbons (Fsp3) is 0.683. The molecule has 30 nitrogen and oxygen atoms in total. The Balaban J connectivity index is 6.38. The van der Waals surface area contributed by atoms with Crippen molar-refractivity contribution < 1.29 is 73.2 Å². The molecule has 0 rings (SSSR count). The number of hydrogen-bond acceptors (Lipinski definition) is 15. The summed E-state index contributed by atoms with van der Waals surface area (Å²) in [4.78, 5) is 150. The number of carbonyl (C=O) groups excluding carboxylic acids is 9. The molecule has 0 aliphatic carbocycles. The van der Waals surface area contributed by atoms with Gasteiger partial charge in [0.25, 0.3) is 0 Å². The Bertz CT molecular complexity index is 1910. The molecule has 0 fully saturated rings. The van der Waals surface area contributed by atoms with E-state index in [0.29, 0.717) is 6.42 Å². The summed E-state index contributed by atoms with van der Waals surface area (Å²) in [5.74, 6) is -13.4. The predicted octanol–water partition coefficient (Wildman–Crippen LogP) is -6.96. The third kappa shape index (κ3) is 26.8. The Hall–Kier alpha value is -7.37. The van der Waals surface area contributed by atoms with E-state index in [2.05, 4.69) is 52.5 Å². The van der Waals surface area contributed by atoms with Crippen LogP contribution in [-0.2, 0) is 52.7 Å². The molecule has 0 aromatic rings. The smallest absolute Gasteiger partial charge is 0.305 e. The van der Waals surface area contributed by atoms with Gasteiger partial charge in [-0.15, -0.1) is 0 Å². The van der Waals surface area contributed by atoms with Gasteiger partial charge in [-0.1, -0.05) is 33.6 Å². The summed E-state index contributed by atoms with van der Waals surface area (Å²) < 4.78 is 0. The second kappa shape index (κ2) is 33.2. The van der Waals surface area contributed by atoms with Crippen molar-refractivity contribution in [3.8, 4) is 0 Å². The summed E-state index contributed by atoms with van der Waals surface area (Å²) in [5, 5.41) is 58.1. The molecule has 9 amide bonds. The number of carboxylic acids is 2. The molecular formula is C41H73N15O15. The molecule has 71 heavy (non-hydrogen) atoms. The number of hydrogen-bond donors (Lipinski definition) is 17. The summed E-state index contributed by atoms with van der Waals surface area (Å²) in [6.45, 7) is 6.43. The van der Waals surface area contributed by atoms with Gasteiger partial charge >= 0.3 is 11.9 Å². The molecule has 0 bridgehead atoms. The highest BCUT2D eigenvalue weighted by Crippen LogP contribution is 2.10. The number of nitrogens with zero attached hydrogens (tertiary/aromatic N) is 2. The second-order valence-corrected chi connectivity index (χ2v) is 16.8. The number of guanidine groups is 2. The minimum atomic E-state index is -1.98. The quantitative estimate of drug-likeness (QED) is 0.0159. The number of amides is 9. The number of aliphatic carboxylic acids is 2. The summed E-state index contributed by atoms with van der Waals surface area (Å²) in [6.07, 6.45) is -3.00. The van der Waals surface area contributed by atoms with Crippen molar-refractivity contribution in [2.24, 2.45) is 44.6 Å². The van der Waals surface area contributed by atoms with E-state index in [4.69, 9.17) is 28.7 Å². The number of nitrogens with two attached hydrogens (primary N) is 5. The third-order valence-corrected chi connectivity index (χ3v) is 9.97. The maximum absolute atomic E-state index is 13.7. The van der Waals surface area contributed by atoms with Gasteiger partial charge in [-0.05, 0) is 51.4 Å². The second-order valence-electron chi connectivity index (χ2n) is 16.8. The lowest BCUT2D eigenvalue weighted by Crippen LogP contribution is -2.62. The summed E-state index contributed by atoms with van der Waals surface area (Å²) in [7, 11) is 0. The van der Waals surface area contributed by atoms with Crippen molar-refractivity contribution in [3.05, 3.63) is 0 Å². The van der Waals surface area contributed by atoms with Crippen LogP contribution in [0.25, 0.3) is 0 Å². The molecule has 30 heteroatoms. The van der Waals surface area contributed by atoms with Crippen LogP contribution in [0.1, 0.15) is 98.8 Å². The van der Waals surface area contributed by atoms with Gasteiger partial charge in [-0.3, -0.25) is 62.7 Å². The van der Waals surface area contributed by atoms with Gasteiger partial charge in [-0.25, -0.2) is 0 Å². The fourth-order valence-corrected chi connectivity index (χ4v) is 6.43. The number of aliphatic hydroxyl groups excluding tert-OH is 2. The van der Waals surface area contributed by atoms with E-state index in [1.807, 2.05) is 0 Å². The van der Waals surface area contributed by atoms with Crippen LogP contribution < -0.4 is 71.2 Å². The van der Waals surface area contributed by atoms with Gasteiger partial charge < -0.3 is 91.6 Å². The normalized spacial score (nSPS) is 14.6. The zero-order chi connectivity index (χ0) is 54.5. The van der Waals surface area contributed by atoms with Gasteiger partial charge in [0.15, 0.2) is 11.9 Å². The van der Waals surface area contributed by atoms with Crippen molar-refractivity contribution in [2.75, 3.05) is 19.7 Å². The number of aliphatic imine (C=N–C) groups is 2. The van der Waals surface area contributed by atoms with Crippen molar-refractivity contribution in [1.29, 1.82) is 0 Å². The van der Waals surface area contributed by atoms with Gasteiger partial charge in [0.2, 0.25) is 53.2 Å². The number of primary amides is 1. The van der Waals surface area contributed by atoms with E-state index in [9.17, 15) is 73.2 Å². The third-order valence-electron chi connectivity index (χ3n) is 9.97. The number of unbranched alkanes of at least 4 members (excludes halogenated alkanes) is 1. The van der Waals surface area contributed by atoms with E-state index >= 15 is 0 Å². The minimum absolute atomic E-state index is 0.00950. The van der Waals surface area contributed by atoms with E-state index in [1.54, 1.807) is 20.8 Å². The lowest BCUT2D eigenvalue weighted by Gasteiger charge is -2.28. The molecule has 0 aliphatic heterocycles. The van der Waals surface area contributed by atoms with Crippen molar-refractivity contribution in [1.82, 2.24) is 42.5 Å². The zero-order valence-corrected chi connectivity index (χ0v) is 40.5. The molecule has 0 radical (unpaired) electrons. The Morgan fingerprint density at radius 2 is 0.859 bits per heavy atom. The molecule has 9 atom stereocenters. The molecule has 0 aromatic carbocycles. The van der Waals surface area contributed by atoms with Crippen molar-refractivity contribution in [2.45, 2.75) is 153 Å². The Labute approximate surface area is 409 Å². The van der Waals surface area contributed by atoms with E-state index in [0.717, 1.165) is 13.8 Å². The topological polar surface area (TPSA) is 520 Å². The molecule has 0 spiro atoms. The van der Waals surface area contributed by atoms with Gasteiger partial charge in [0.05, 0.1) is 25.6 Å². The minimum Gasteiger partial charge on any atom is -0.481 e. The first kappa shape index (κ1) is 63.6. The lowest BCUT2D eigenvalue weighted by molar-refractivity contribution is -0.142. The molecular weight excluding hydrogens is 943 g/mol. The molecule has 402 valence electrons. The highest BCUT2D eigenvalue weighted by Gasteiger charge is 2.36. The molecule has 0 saturated carbocycles. The zero-order valence-electron chi connectivity index (χ0n) is 40.5. The van der Waals surface area contributed by atoms with Crippen LogP contribution in [0.4, 0.5) is 0 Å². The summed E-state index contributed by atoms with van der Waals surface area (Å²) >= 11 is 0. The van der Waals surface area contributed by atoms with Crippen LogP contribution in [0.3, 0.4) is 0 Å². The average Bonchev–Trinajstić information content (AvgIpc) is 3.25. The highest BCUT2D eigenvalue weighted by atomic mass is 16.4. The first-order valence-corrected chi connectivity index (χ1v) is 22.7. The average molecular weight is 1020 g/mol. The Morgan fingerprint density at radius 1 is 0.493 bits per heavy atom. The first-order valence-electron chi connectivity index (χ1n) is 22.7. The maximum atomic E-state index is 13.7. The SMILES string of the molecule is CCCC[C@H](NC(=O)[C@H](CC(=O)O)NC(=O)[C@@H](NC(=O)[C@H](CCCN=C(N)N)NC(C)=O)[C@@H](C)O)C(=O)N[C@H](CC(=O)O)C(=O)N[C@@H](CO)C(=O)N[C@@H](CC(C)C)C(=O)N[C@@H](CCCN=C(N)N)C(N)=O. The van der Waals surface area contributed by atoms with Crippen LogP contribution in [0.2, 0.25) is 0 Å². The van der Waals surface area contributed by atoms with Crippen LogP contribution >= 0.6 is 0 Å². The standard InChI is InChI=1S/C41H73N15O15/c1-6-7-10-24(51-36(68)27(17-30(62)63)54-39(71)31(20(4)58)56-34(66)23(49-21(5)59)12-9-14-48-41(45)46)33(65)53-26(16-29(60)61)37(69)55-28(18-57)38(70)52-25(15-19(2)3)35(67)50-22(32(42)64)11-8-13-47-40(43)44/h19-20,22-28,31,57-58H,6-18H2,1-5H3,(H2,42,64)(H,49,59)(H,50,67)(H,51,68)(H,52,70)(H,53,65)(H,54,71)(H,55,69)(H,56,66)(H,60,61)(H,62,63)(H4,43,44,47)(H4,45,46,48)/t20-,22+,23+,24+,25+,26-,27+,28+,31+/m1/s1. The van der Waals surface area contributed by atoms with Crippen molar-refractivity contribution in [3.63, 3.8) is 0 Å². The Morgan fingerprint density at radius 3 is 1.28 bits per heavy atom. The number of aliphatic hydroxyl groups is 2. The molecule has 0 aromatic heterocycles. The monoisotopic (exact) mass is 1020 g/mol. The maximum Gasteiger partial charge on any atom is 0.305 e. The van der Waals surface area contributed by atoms with Crippen LogP contribution in [0.15, 0.2) is 9.98 Å². The molecule has 0 unspecified atom stereocenters. The van der Waals surface area contributed by atoms with Crippen molar-refractivity contribution >= 4 is 77.0 Å². The van der Waals surface area contributed by atoms with E-state index in [1.165, 1.54) is 0 Å². The van der Waals surface area contributed by atoms with Crippen LogP contribution in [0, 0.1) is 5.92 Å². The van der Waals surface area contributed by atoms with Crippen LogP contribution in [0.5, 0.6) is 0 Å². The van der Waals surface area contributed by atoms with Crippen LogP contribution in [-0.4, -0.2) is 172 Å². The van der Waals surface area contributed by atoms with Gasteiger partial charge in [-0.2, -0.15) is 0 Å². The molecule has 0 heterocycles. The number of rotatable bonds is 35. The summed E-state index contributed by atoms with van der Waals surface area (Å²) in [5.41, 5.74) is 26.7. The number of carbonyl (C=O) groups is 11. The first-order chi connectivity index (χ1) is 33.1.